The molecule has 8 nitrogen and oxygen atoms in total. The monoisotopic (exact) mass is 474 g/mol. The number of H-pyrrole nitrogens is 1. The zero-order valence-corrected chi connectivity index (χ0v) is 19.8. The second kappa shape index (κ2) is 9.64. The van der Waals surface area contributed by atoms with Crippen molar-refractivity contribution in [1.82, 2.24) is 24.3 Å². The number of benzene rings is 2. The number of carbonyl (C=O) groups excluding carboxylic acids is 1. The van der Waals surface area contributed by atoms with Gasteiger partial charge in [0.15, 0.2) is 10.6 Å². The van der Waals surface area contributed by atoms with Gasteiger partial charge in [-0.2, -0.15) is 5.10 Å². The normalized spacial score (nSPS) is 12.9. The lowest BCUT2D eigenvalue weighted by molar-refractivity contribution is -0.116. The molecular weight excluding hydrogens is 448 g/mol. The Bertz CT molecular complexity index is 1330. The standard InChI is InChI=1S/C25H26N6O2S/c1-33-20-11-7-18(8-12-20)24-28-29-25(34)31(24)15-13-23(32)26-19-9-5-17(6-10-19)21-16-30-14-3-2-4-22(30)27-21/h5-12,16H,2-4,13-15H2,1H3,(H,26,32)(H,29,34). The van der Waals surface area contributed by atoms with E-state index < -0.39 is 0 Å². The molecule has 1 aliphatic rings. The average Bonchev–Trinajstić information content (AvgIpc) is 3.46. The van der Waals surface area contributed by atoms with E-state index in [-0.39, 0.29) is 12.3 Å². The van der Waals surface area contributed by atoms with Gasteiger partial charge in [0.25, 0.3) is 0 Å². The molecule has 0 atom stereocenters. The first-order valence-electron chi connectivity index (χ1n) is 11.4. The fraction of sp³-hybridized carbons (Fsp3) is 0.280. The Labute approximate surface area is 202 Å². The largest absolute Gasteiger partial charge is 0.497 e. The van der Waals surface area contributed by atoms with Crippen LogP contribution in [0.1, 0.15) is 25.1 Å². The highest BCUT2D eigenvalue weighted by atomic mass is 32.1. The second-order valence-corrected chi connectivity index (χ2v) is 8.69. The Morgan fingerprint density at radius 2 is 1.88 bits per heavy atom. The van der Waals surface area contributed by atoms with Gasteiger partial charge in [-0.3, -0.25) is 14.5 Å². The summed E-state index contributed by atoms with van der Waals surface area (Å²) in [5.74, 6) is 2.52. The number of hydrogen-bond acceptors (Lipinski definition) is 5. The Morgan fingerprint density at radius 1 is 1.12 bits per heavy atom. The molecule has 5 rings (SSSR count). The van der Waals surface area contributed by atoms with Gasteiger partial charge in [0, 0.05) is 48.9 Å². The van der Waals surface area contributed by atoms with E-state index in [1.807, 2.05) is 53.1 Å². The predicted molar refractivity (Wildman–Crippen MR) is 133 cm³/mol. The molecule has 2 aromatic heterocycles. The summed E-state index contributed by atoms with van der Waals surface area (Å²) in [7, 11) is 1.63. The second-order valence-electron chi connectivity index (χ2n) is 8.30. The van der Waals surface area contributed by atoms with Crippen molar-refractivity contribution in [3.05, 3.63) is 65.3 Å². The van der Waals surface area contributed by atoms with Crippen molar-refractivity contribution < 1.29 is 9.53 Å². The molecule has 1 amide bonds. The Hall–Kier alpha value is -3.72. The van der Waals surface area contributed by atoms with E-state index in [1.54, 1.807) is 7.11 Å². The highest BCUT2D eigenvalue weighted by Gasteiger charge is 2.14. The van der Waals surface area contributed by atoms with Crippen LogP contribution in [0.3, 0.4) is 0 Å². The molecule has 9 heteroatoms. The lowest BCUT2D eigenvalue weighted by Crippen LogP contribution is -2.15. The lowest BCUT2D eigenvalue weighted by atomic mass is 10.1. The maximum absolute atomic E-state index is 12.6. The summed E-state index contributed by atoms with van der Waals surface area (Å²) in [5.41, 5.74) is 3.68. The molecule has 0 saturated heterocycles. The third-order valence-electron chi connectivity index (χ3n) is 6.04. The van der Waals surface area contributed by atoms with Crippen molar-refractivity contribution in [2.45, 2.75) is 38.8 Å². The number of methoxy groups -OCH3 is 1. The van der Waals surface area contributed by atoms with Crippen LogP contribution in [0.5, 0.6) is 5.75 Å². The van der Waals surface area contributed by atoms with Gasteiger partial charge in [0.05, 0.1) is 12.8 Å². The minimum absolute atomic E-state index is 0.0889. The van der Waals surface area contributed by atoms with Crippen LogP contribution < -0.4 is 10.1 Å². The van der Waals surface area contributed by atoms with E-state index in [9.17, 15) is 4.79 Å². The summed E-state index contributed by atoms with van der Waals surface area (Å²) in [6.07, 6.45) is 5.84. The molecule has 1 aliphatic heterocycles. The quantitative estimate of drug-likeness (QED) is 0.374. The van der Waals surface area contributed by atoms with E-state index in [1.165, 1.54) is 12.8 Å². The highest BCUT2D eigenvalue weighted by Crippen LogP contribution is 2.24. The van der Waals surface area contributed by atoms with Crippen LogP contribution in [-0.4, -0.2) is 37.3 Å². The van der Waals surface area contributed by atoms with Gasteiger partial charge in [-0.15, -0.1) is 0 Å². The number of aryl methyl sites for hydroxylation is 2. The summed E-state index contributed by atoms with van der Waals surface area (Å²) >= 11 is 5.38. The maximum Gasteiger partial charge on any atom is 0.226 e. The molecule has 0 radical (unpaired) electrons. The number of aromatic nitrogens is 5. The maximum atomic E-state index is 12.6. The van der Waals surface area contributed by atoms with Crippen LogP contribution in [0.25, 0.3) is 22.6 Å². The lowest BCUT2D eigenvalue weighted by Gasteiger charge is -2.11. The number of fused-ring (bicyclic) bond motifs is 1. The molecule has 2 N–H and O–H groups in total. The van der Waals surface area contributed by atoms with Crippen LogP contribution in [0, 0.1) is 4.77 Å². The van der Waals surface area contributed by atoms with Crippen LogP contribution in [0.15, 0.2) is 54.7 Å². The summed E-state index contributed by atoms with van der Waals surface area (Å²) in [4.78, 5) is 17.4. The highest BCUT2D eigenvalue weighted by molar-refractivity contribution is 7.71. The number of nitrogens with zero attached hydrogens (tertiary/aromatic N) is 4. The fourth-order valence-corrected chi connectivity index (χ4v) is 4.42. The van der Waals surface area contributed by atoms with Gasteiger partial charge in [0.2, 0.25) is 5.91 Å². The van der Waals surface area contributed by atoms with Crippen molar-refractivity contribution in [2.24, 2.45) is 0 Å². The Morgan fingerprint density at radius 3 is 2.62 bits per heavy atom. The van der Waals surface area contributed by atoms with Crippen molar-refractivity contribution in [3.8, 4) is 28.4 Å². The number of amides is 1. The van der Waals surface area contributed by atoms with Gasteiger partial charge in [0.1, 0.15) is 11.6 Å². The first-order chi connectivity index (χ1) is 16.6. The van der Waals surface area contributed by atoms with Crippen molar-refractivity contribution in [2.75, 3.05) is 12.4 Å². The number of anilines is 1. The van der Waals surface area contributed by atoms with Gasteiger partial charge >= 0.3 is 0 Å². The SMILES string of the molecule is COc1ccc(-c2n[nH]c(=S)n2CCC(=O)Nc2ccc(-c3cn4c(n3)CCCC4)cc2)cc1. The minimum Gasteiger partial charge on any atom is -0.497 e. The number of ether oxygens (including phenoxy) is 1. The van der Waals surface area contributed by atoms with Crippen LogP contribution in [0.2, 0.25) is 0 Å². The number of rotatable bonds is 7. The Balaban J connectivity index is 1.22. The van der Waals surface area contributed by atoms with Crippen LogP contribution in [0.4, 0.5) is 5.69 Å². The summed E-state index contributed by atoms with van der Waals surface area (Å²) in [5, 5.41) is 10.1. The number of aromatic amines is 1. The van der Waals surface area contributed by atoms with Gasteiger partial charge in [-0.05, 0) is 61.5 Å². The van der Waals surface area contributed by atoms with Crippen LogP contribution >= 0.6 is 12.2 Å². The first kappa shape index (κ1) is 22.1. The molecule has 174 valence electrons. The molecule has 0 saturated carbocycles. The zero-order valence-electron chi connectivity index (χ0n) is 19.0. The molecule has 0 aliphatic carbocycles. The molecule has 0 bridgehead atoms. The smallest absolute Gasteiger partial charge is 0.226 e. The minimum atomic E-state index is -0.0889. The topological polar surface area (TPSA) is 89.8 Å². The van der Waals surface area contributed by atoms with E-state index in [4.69, 9.17) is 21.9 Å². The van der Waals surface area contributed by atoms with E-state index in [0.717, 1.165) is 47.0 Å². The number of imidazole rings is 1. The molecule has 0 fully saturated rings. The molecule has 34 heavy (non-hydrogen) atoms. The predicted octanol–water partition coefficient (Wildman–Crippen LogP) is 4.84. The molecular formula is C25H26N6O2S. The molecule has 4 aromatic rings. The van der Waals surface area contributed by atoms with Gasteiger partial charge in [-0.1, -0.05) is 12.1 Å². The first-order valence-corrected chi connectivity index (χ1v) is 11.8. The van der Waals surface area contributed by atoms with Crippen molar-refractivity contribution in [1.29, 1.82) is 0 Å². The molecule has 0 spiro atoms. The molecule has 0 unspecified atom stereocenters. The Kier molecular flexibility index (Phi) is 6.27. The van der Waals surface area contributed by atoms with Gasteiger partial charge in [-0.25, -0.2) is 4.98 Å². The third-order valence-corrected chi connectivity index (χ3v) is 6.35. The summed E-state index contributed by atoms with van der Waals surface area (Å²) in [6, 6.07) is 15.4. The molecule has 3 heterocycles. The fourth-order valence-electron chi connectivity index (χ4n) is 4.20. The average molecular weight is 475 g/mol. The van der Waals surface area contributed by atoms with Crippen molar-refractivity contribution in [3.63, 3.8) is 0 Å². The van der Waals surface area contributed by atoms with E-state index >= 15 is 0 Å². The zero-order chi connectivity index (χ0) is 23.5. The number of carbonyl (C=O) groups is 1. The number of nitrogens with one attached hydrogen (secondary N) is 2. The molecule has 2 aromatic carbocycles. The summed E-state index contributed by atoms with van der Waals surface area (Å²) < 4.78 is 9.77. The third kappa shape index (κ3) is 4.65. The summed E-state index contributed by atoms with van der Waals surface area (Å²) in [6.45, 7) is 1.46. The van der Waals surface area contributed by atoms with E-state index in [0.29, 0.717) is 17.1 Å². The van der Waals surface area contributed by atoms with Crippen LogP contribution in [-0.2, 0) is 24.3 Å². The van der Waals surface area contributed by atoms with Crippen molar-refractivity contribution >= 4 is 23.8 Å². The van der Waals surface area contributed by atoms with Gasteiger partial charge < -0.3 is 14.6 Å². The number of hydrogen-bond donors (Lipinski definition) is 2. The van der Waals surface area contributed by atoms with E-state index in [2.05, 4.69) is 26.3 Å².